The summed E-state index contributed by atoms with van der Waals surface area (Å²) in [4.78, 5) is 34.3. The van der Waals surface area contributed by atoms with E-state index >= 15 is 0 Å². The molecule has 1 fully saturated rings. The maximum atomic E-state index is 13.2. The predicted molar refractivity (Wildman–Crippen MR) is 141 cm³/mol. The summed E-state index contributed by atoms with van der Waals surface area (Å²) < 4.78 is 10.7. The van der Waals surface area contributed by atoms with Crippen LogP contribution in [0.25, 0.3) is 0 Å². The lowest BCUT2D eigenvalue weighted by atomic mass is 9.89. The number of anilines is 3. The molecule has 0 spiro atoms. The number of carbonyl (C=O) groups is 2. The lowest BCUT2D eigenvalue weighted by Crippen LogP contribution is -2.48. The predicted octanol–water partition coefficient (Wildman–Crippen LogP) is 3.54. The van der Waals surface area contributed by atoms with Crippen molar-refractivity contribution in [2.24, 2.45) is 5.41 Å². The van der Waals surface area contributed by atoms with Crippen molar-refractivity contribution in [1.29, 1.82) is 0 Å². The molecular weight excluding hydrogens is 486 g/mol. The molecule has 1 atom stereocenters. The van der Waals surface area contributed by atoms with Crippen molar-refractivity contribution in [1.82, 2.24) is 15.3 Å². The molecule has 198 valence electrons. The third-order valence-corrected chi connectivity index (χ3v) is 6.80. The minimum absolute atomic E-state index is 0.101. The molecule has 1 aromatic heterocycles. The van der Waals surface area contributed by atoms with Crippen LogP contribution < -0.4 is 16.0 Å². The van der Waals surface area contributed by atoms with Crippen molar-refractivity contribution in [3.8, 4) is 0 Å². The van der Waals surface area contributed by atoms with Crippen molar-refractivity contribution >= 4 is 29.3 Å². The van der Waals surface area contributed by atoms with Gasteiger partial charge in [0.05, 0.1) is 31.4 Å². The van der Waals surface area contributed by atoms with Gasteiger partial charge in [-0.05, 0) is 37.6 Å². The van der Waals surface area contributed by atoms with Crippen LogP contribution in [0.3, 0.4) is 0 Å². The molecule has 10 heteroatoms. The fourth-order valence-electron chi connectivity index (χ4n) is 4.51. The number of aliphatic hydroxyl groups is 1. The minimum atomic E-state index is -0.744. The van der Waals surface area contributed by atoms with Gasteiger partial charge in [0.2, 0.25) is 5.95 Å². The molecule has 3 aromatic rings. The van der Waals surface area contributed by atoms with Gasteiger partial charge in [0.15, 0.2) is 0 Å². The molecule has 10 nitrogen and oxygen atoms in total. The summed E-state index contributed by atoms with van der Waals surface area (Å²) in [5.41, 5.74) is 2.20. The Balaban J connectivity index is 1.43. The first kappa shape index (κ1) is 25.6. The van der Waals surface area contributed by atoms with E-state index in [2.05, 4.69) is 25.9 Å². The number of aliphatic hydroxyl groups excluding tert-OH is 1. The zero-order valence-corrected chi connectivity index (χ0v) is 21.6. The summed E-state index contributed by atoms with van der Waals surface area (Å²) in [6, 6.07) is 14.2. The van der Waals surface area contributed by atoms with Crippen molar-refractivity contribution in [2.45, 2.75) is 32.4 Å². The highest BCUT2D eigenvalue weighted by atomic mass is 16.6. The second-order valence-electron chi connectivity index (χ2n) is 10.5. The highest BCUT2D eigenvalue weighted by Gasteiger charge is 2.38. The first-order chi connectivity index (χ1) is 18.2. The molecule has 0 unspecified atom stereocenters. The Hall–Kier alpha value is -4.02. The standard InChI is InChI=1S/C28H31N5O5/c1-27(2)21-11-18(9-10-19(21)25(36)38-27)31-26-29-12-20(24(35)30-14-28(3)15-37-16-28)23(33-26)32-22(13-34)17-7-5-4-6-8-17/h4-12,22,34H,13-16H2,1-3H3,(H,30,35)(H2,29,31,32,33)/t22-/m1/s1. The number of ether oxygens (including phenoxy) is 2. The van der Waals surface area contributed by atoms with Crippen LogP contribution in [0.2, 0.25) is 0 Å². The molecule has 0 bridgehead atoms. The maximum Gasteiger partial charge on any atom is 0.339 e. The fraction of sp³-hybridized carbons (Fsp3) is 0.357. The molecule has 3 heterocycles. The number of fused-ring (bicyclic) bond motifs is 1. The Bertz CT molecular complexity index is 1360. The molecule has 2 aromatic carbocycles. The maximum absolute atomic E-state index is 13.2. The summed E-state index contributed by atoms with van der Waals surface area (Å²) in [7, 11) is 0. The number of amides is 1. The minimum Gasteiger partial charge on any atom is -0.451 e. The number of nitrogens with zero attached hydrogens (tertiary/aromatic N) is 2. The molecule has 0 aliphatic carbocycles. The number of benzene rings is 2. The molecule has 38 heavy (non-hydrogen) atoms. The summed E-state index contributed by atoms with van der Waals surface area (Å²) in [6.07, 6.45) is 1.45. The quantitative estimate of drug-likeness (QED) is 0.314. The SMILES string of the molecule is CC1(CNC(=O)c2cnc(Nc3ccc4c(c3)C(C)(C)OC4=O)nc2N[C@H](CO)c2ccccc2)COC1. The molecule has 1 saturated heterocycles. The summed E-state index contributed by atoms with van der Waals surface area (Å²) >= 11 is 0. The summed E-state index contributed by atoms with van der Waals surface area (Å²) in [6.45, 7) is 7.15. The third kappa shape index (κ3) is 5.18. The number of esters is 1. The number of nitrogens with one attached hydrogen (secondary N) is 3. The zero-order chi connectivity index (χ0) is 26.9. The fourth-order valence-corrected chi connectivity index (χ4v) is 4.51. The van der Waals surface area contributed by atoms with E-state index in [9.17, 15) is 14.7 Å². The first-order valence-corrected chi connectivity index (χ1v) is 12.5. The largest absolute Gasteiger partial charge is 0.451 e. The second-order valence-corrected chi connectivity index (χ2v) is 10.5. The van der Waals surface area contributed by atoms with Crippen molar-refractivity contribution in [3.05, 3.63) is 77.0 Å². The van der Waals surface area contributed by atoms with Crippen LogP contribution in [0.1, 0.15) is 58.7 Å². The molecule has 0 saturated carbocycles. The topological polar surface area (TPSA) is 135 Å². The van der Waals surface area contributed by atoms with Gasteiger partial charge < -0.3 is 30.5 Å². The molecule has 4 N–H and O–H groups in total. The van der Waals surface area contributed by atoms with Crippen LogP contribution in [0.15, 0.2) is 54.7 Å². The smallest absolute Gasteiger partial charge is 0.339 e. The lowest BCUT2D eigenvalue weighted by molar-refractivity contribution is -0.0978. The number of rotatable bonds is 9. The molecule has 2 aliphatic heterocycles. The van der Waals surface area contributed by atoms with Crippen LogP contribution in [0.4, 0.5) is 17.5 Å². The Kier molecular flexibility index (Phi) is 6.77. The zero-order valence-electron chi connectivity index (χ0n) is 21.6. The van der Waals surface area contributed by atoms with Crippen LogP contribution in [-0.4, -0.2) is 53.3 Å². The lowest BCUT2D eigenvalue weighted by Gasteiger charge is -2.38. The summed E-state index contributed by atoms with van der Waals surface area (Å²) in [5, 5.41) is 19.4. The van der Waals surface area contributed by atoms with E-state index in [0.29, 0.717) is 31.0 Å². The van der Waals surface area contributed by atoms with Gasteiger partial charge in [-0.1, -0.05) is 37.3 Å². The molecular formula is C28H31N5O5. The van der Waals surface area contributed by atoms with Crippen LogP contribution in [0.5, 0.6) is 0 Å². The molecule has 0 radical (unpaired) electrons. The van der Waals surface area contributed by atoms with Crippen LogP contribution >= 0.6 is 0 Å². The number of cyclic esters (lactones) is 1. The Labute approximate surface area is 220 Å². The highest BCUT2D eigenvalue weighted by Crippen LogP contribution is 2.37. The van der Waals surface area contributed by atoms with Gasteiger partial charge in [-0.15, -0.1) is 0 Å². The van der Waals surface area contributed by atoms with E-state index in [4.69, 9.17) is 9.47 Å². The Morgan fingerprint density at radius 2 is 1.89 bits per heavy atom. The normalized spacial score (nSPS) is 17.5. The number of aromatic nitrogens is 2. The van der Waals surface area contributed by atoms with E-state index in [0.717, 1.165) is 11.1 Å². The molecule has 2 aliphatic rings. The van der Waals surface area contributed by atoms with E-state index < -0.39 is 11.6 Å². The average Bonchev–Trinajstić information content (AvgIpc) is 3.12. The average molecular weight is 518 g/mol. The Morgan fingerprint density at radius 1 is 1.13 bits per heavy atom. The number of hydrogen-bond acceptors (Lipinski definition) is 9. The van der Waals surface area contributed by atoms with E-state index in [-0.39, 0.29) is 41.2 Å². The van der Waals surface area contributed by atoms with Gasteiger partial charge >= 0.3 is 5.97 Å². The van der Waals surface area contributed by atoms with E-state index in [1.165, 1.54) is 6.20 Å². The van der Waals surface area contributed by atoms with Crippen molar-refractivity contribution < 1.29 is 24.2 Å². The van der Waals surface area contributed by atoms with Gasteiger partial charge in [-0.2, -0.15) is 4.98 Å². The van der Waals surface area contributed by atoms with Crippen molar-refractivity contribution in [2.75, 3.05) is 37.0 Å². The van der Waals surface area contributed by atoms with Crippen LogP contribution in [0, 0.1) is 5.41 Å². The molecule has 5 rings (SSSR count). The van der Waals surface area contributed by atoms with Gasteiger partial charge in [0, 0.05) is 29.4 Å². The van der Waals surface area contributed by atoms with E-state index in [1.807, 2.05) is 57.2 Å². The van der Waals surface area contributed by atoms with Gasteiger partial charge in [0.25, 0.3) is 5.91 Å². The monoisotopic (exact) mass is 517 g/mol. The second kappa shape index (κ2) is 10.0. The van der Waals surface area contributed by atoms with Gasteiger partial charge in [0.1, 0.15) is 17.0 Å². The van der Waals surface area contributed by atoms with Crippen LogP contribution in [-0.2, 0) is 15.1 Å². The number of carbonyl (C=O) groups excluding carboxylic acids is 2. The summed E-state index contributed by atoms with van der Waals surface area (Å²) in [5.74, 6) is -0.158. The highest BCUT2D eigenvalue weighted by molar-refractivity contribution is 5.99. The Morgan fingerprint density at radius 3 is 2.58 bits per heavy atom. The van der Waals surface area contributed by atoms with Gasteiger partial charge in [-0.25, -0.2) is 9.78 Å². The number of hydrogen-bond donors (Lipinski definition) is 4. The first-order valence-electron chi connectivity index (χ1n) is 12.5. The third-order valence-electron chi connectivity index (χ3n) is 6.80. The van der Waals surface area contributed by atoms with E-state index in [1.54, 1.807) is 12.1 Å². The van der Waals surface area contributed by atoms with Crippen molar-refractivity contribution in [3.63, 3.8) is 0 Å². The van der Waals surface area contributed by atoms with Gasteiger partial charge in [-0.3, -0.25) is 4.79 Å². The molecule has 1 amide bonds.